The van der Waals surface area contributed by atoms with Crippen molar-refractivity contribution in [2.75, 3.05) is 19.6 Å². The van der Waals surface area contributed by atoms with Gasteiger partial charge >= 0.3 is 0 Å². The summed E-state index contributed by atoms with van der Waals surface area (Å²) in [5, 5.41) is 12.1. The fraction of sp³-hybridized carbons (Fsp3) is 0.591. The second-order valence-electron chi connectivity index (χ2n) is 8.51. The number of nitrogens with one attached hydrogen (secondary N) is 1. The van der Waals surface area contributed by atoms with Gasteiger partial charge in [-0.1, -0.05) is 5.21 Å². The van der Waals surface area contributed by atoms with E-state index >= 15 is 0 Å². The van der Waals surface area contributed by atoms with E-state index in [1.807, 2.05) is 49.9 Å². The predicted octanol–water partition coefficient (Wildman–Crippen LogP) is 2.97. The Hall–Kier alpha value is -2.41. The summed E-state index contributed by atoms with van der Waals surface area (Å²) in [6, 6.07) is 8.23. The minimum Gasteiger partial charge on any atom is -0.491 e. The van der Waals surface area contributed by atoms with E-state index in [9.17, 15) is 4.79 Å². The van der Waals surface area contributed by atoms with Gasteiger partial charge in [-0.25, -0.2) is 4.68 Å². The Morgan fingerprint density at radius 3 is 2.48 bits per heavy atom. The largest absolute Gasteiger partial charge is 0.491 e. The number of nitrogens with zero attached hydrogens (tertiary/aromatic N) is 4. The second-order valence-corrected chi connectivity index (χ2v) is 8.51. The van der Waals surface area contributed by atoms with E-state index in [2.05, 4.69) is 15.6 Å². The van der Waals surface area contributed by atoms with Crippen molar-refractivity contribution in [2.24, 2.45) is 5.92 Å². The maximum Gasteiger partial charge on any atom is 0.276 e. The van der Waals surface area contributed by atoms with Crippen molar-refractivity contribution in [2.45, 2.75) is 58.6 Å². The van der Waals surface area contributed by atoms with Crippen molar-refractivity contribution in [3.05, 3.63) is 35.7 Å². The van der Waals surface area contributed by atoms with Crippen molar-refractivity contribution in [1.82, 2.24) is 25.2 Å². The highest BCUT2D eigenvalue weighted by Gasteiger charge is 2.28. The molecule has 1 amide bonds. The molecule has 156 valence electrons. The molecule has 1 saturated heterocycles. The predicted molar refractivity (Wildman–Crippen MR) is 112 cm³/mol. The van der Waals surface area contributed by atoms with Crippen LogP contribution in [0.15, 0.2) is 24.3 Å². The average Bonchev–Trinajstić information content (AvgIpc) is 3.47. The van der Waals surface area contributed by atoms with Gasteiger partial charge in [-0.2, -0.15) is 0 Å². The highest BCUT2D eigenvalue weighted by molar-refractivity contribution is 5.93. The van der Waals surface area contributed by atoms with E-state index in [4.69, 9.17) is 4.74 Å². The fourth-order valence-corrected chi connectivity index (χ4v) is 3.80. The van der Waals surface area contributed by atoms with Gasteiger partial charge in [-0.15, -0.1) is 5.10 Å². The molecule has 1 saturated carbocycles. The molecule has 0 unspecified atom stereocenters. The molecule has 2 aliphatic rings. The van der Waals surface area contributed by atoms with Crippen LogP contribution in [0.25, 0.3) is 5.69 Å². The minimum atomic E-state index is -0.0193. The minimum absolute atomic E-state index is 0.0193. The Morgan fingerprint density at radius 2 is 1.86 bits per heavy atom. The van der Waals surface area contributed by atoms with E-state index in [1.54, 1.807) is 4.68 Å². The molecule has 0 radical (unpaired) electrons. The number of likely N-dealkylation sites (tertiary alicyclic amines) is 1. The van der Waals surface area contributed by atoms with E-state index in [-0.39, 0.29) is 12.0 Å². The van der Waals surface area contributed by atoms with Crippen LogP contribution in [0, 0.1) is 12.8 Å². The summed E-state index contributed by atoms with van der Waals surface area (Å²) < 4.78 is 7.41. The summed E-state index contributed by atoms with van der Waals surface area (Å²) in [7, 11) is 0. The van der Waals surface area contributed by atoms with E-state index < -0.39 is 0 Å². The molecule has 7 nitrogen and oxygen atoms in total. The van der Waals surface area contributed by atoms with Crippen LogP contribution >= 0.6 is 0 Å². The lowest BCUT2D eigenvalue weighted by molar-refractivity contribution is 0.0698. The first kappa shape index (κ1) is 19.9. The third-order valence-electron chi connectivity index (χ3n) is 5.72. The normalized spacial score (nSPS) is 17.7. The molecule has 1 aromatic carbocycles. The second kappa shape index (κ2) is 8.53. The first-order valence-electron chi connectivity index (χ1n) is 10.7. The molecule has 4 rings (SSSR count). The molecule has 2 heterocycles. The average molecular weight is 398 g/mol. The third-order valence-corrected chi connectivity index (χ3v) is 5.72. The zero-order valence-electron chi connectivity index (χ0n) is 17.6. The van der Waals surface area contributed by atoms with Crippen molar-refractivity contribution in [1.29, 1.82) is 0 Å². The number of benzene rings is 1. The number of rotatable bonds is 7. The van der Waals surface area contributed by atoms with Crippen LogP contribution in [0.1, 0.15) is 55.7 Å². The number of hydrogen-bond donors (Lipinski definition) is 1. The van der Waals surface area contributed by atoms with Crippen LogP contribution in [0.3, 0.4) is 0 Å². The number of ether oxygens (including phenoxy) is 1. The Labute approximate surface area is 172 Å². The first-order valence-corrected chi connectivity index (χ1v) is 10.7. The molecular weight excluding hydrogens is 366 g/mol. The van der Waals surface area contributed by atoms with Crippen molar-refractivity contribution in [3.63, 3.8) is 0 Å². The first-order chi connectivity index (χ1) is 14.0. The van der Waals surface area contributed by atoms with E-state index in [1.165, 1.54) is 12.8 Å². The Kier molecular flexibility index (Phi) is 5.85. The van der Waals surface area contributed by atoms with E-state index in [0.717, 1.165) is 55.5 Å². The number of aromatic nitrogens is 3. The highest BCUT2D eigenvalue weighted by Crippen LogP contribution is 2.28. The smallest absolute Gasteiger partial charge is 0.276 e. The maximum atomic E-state index is 13.0. The number of carbonyl (C=O) groups is 1. The summed E-state index contributed by atoms with van der Waals surface area (Å²) in [5.41, 5.74) is 2.08. The quantitative estimate of drug-likeness (QED) is 0.778. The van der Waals surface area contributed by atoms with Crippen molar-refractivity contribution >= 4 is 5.91 Å². The van der Waals surface area contributed by atoms with Crippen LogP contribution in [-0.2, 0) is 0 Å². The Balaban J connectivity index is 1.38. The van der Waals surface area contributed by atoms with Gasteiger partial charge in [0.25, 0.3) is 5.91 Å². The lowest BCUT2D eigenvalue weighted by Gasteiger charge is -2.32. The van der Waals surface area contributed by atoms with Gasteiger partial charge in [0.2, 0.25) is 0 Å². The summed E-state index contributed by atoms with van der Waals surface area (Å²) in [6.07, 6.45) is 4.87. The van der Waals surface area contributed by atoms with Crippen LogP contribution < -0.4 is 10.1 Å². The van der Waals surface area contributed by atoms with Crippen LogP contribution in [0.4, 0.5) is 0 Å². The molecule has 29 heavy (non-hydrogen) atoms. The third kappa shape index (κ3) is 4.78. The SMILES string of the molecule is Cc1c(C(=O)N2CCC(NCC3CC3)CC2)nnn1-c1ccc(OC(C)C)cc1. The zero-order chi connectivity index (χ0) is 20.4. The summed E-state index contributed by atoms with van der Waals surface area (Å²) in [6.45, 7) is 8.57. The Morgan fingerprint density at radius 1 is 1.17 bits per heavy atom. The summed E-state index contributed by atoms with van der Waals surface area (Å²) >= 11 is 0. The Bertz CT molecular complexity index is 833. The number of piperidine rings is 1. The standard InChI is InChI=1S/C22H31N5O2/c1-15(2)29-20-8-6-19(7-9-20)27-16(3)21(24-25-27)22(28)26-12-10-18(11-13-26)23-14-17-4-5-17/h6-9,15,17-18,23H,4-5,10-14H2,1-3H3. The number of amides is 1. The molecule has 2 fully saturated rings. The molecule has 2 aromatic rings. The molecule has 0 bridgehead atoms. The van der Waals surface area contributed by atoms with Gasteiger partial charge in [0.1, 0.15) is 5.75 Å². The molecule has 1 N–H and O–H groups in total. The highest BCUT2D eigenvalue weighted by atomic mass is 16.5. The van der Waals surface area contributed by atoms with Gasteiger partial charge in [0, 0.05) is 19.1 Å². The van der Waals surface area contributed by atoms with Crippen molar-refractivity contribution in [3.8, 4) is 11.4 Å². The lowest BCUT2D eigenvalue weighted by Crippen LogP contribution is -2.45. The van der Waals surface area contributed by atoms with Gasteiger partial charge in [0.05, 0.1) is 17.5 Å². The molecule has 1 aliphatic heterocycles. The van der Waals surface area contributed by atoms with Gasteiger partial charge in [0.15, 0.2) is 5.69 Å². The molecule has 1 aliphatic carbocycles. The molecule has 0 spiro atoms. The number of carbonyl (C=O) groups excluding carboxylic acids is 1. The molecule has 0 atom stereocenters. The zero-order valence-corrected chi connectivity index (χ0v) is 17.6. The number of hydrogen-bond acceptors (Lipinski definition) is 5. The summed E-state index contributed by atoms with van der Waals surface area (Å²) in [5.74, 6) is 1.68. The van der Waals surface area contributed by atoms with Crippen LogP contribution in [0.2, 0.25) is 0 Å². The van der Waals surface area contributed by atoms with Crippen LogP contribution in [-0.4, -0.2) is 57.6 Å². The topological polar surface area (TPSA) is 72.3 Å². The van der Waals surface area contributed by atoms with Gasteiger partial charge < -0.3 is 15.0 Å². The maximum absolute atomic E-state index is 13.0. The van der Waals surface area contributed by atoms with Crippen LogP contribution in [0.5, 0.6) is 5.75 Å². The fourth-order valence-electron chi connectivity index (χ4n) is 3.80. The van der Waals surface area contributed by atoms with Gasteiger partial charge in [-0.05, 0) is 83.2 Å². The molecule has 7 heteroatoms. The summed E-state index contributed by atoms with van der Waals surface area (Å²) in [4.78, 5) is 14.9. The monoisotopic (exact) mass is 397 g/mol. The molecule has 1 aromatic heterocycles. The van der Waals surface area contributed by atoms with Gasteiger partial charge in [-0.3, -0.25) is 4.79 Å². The van der Waals surface area contributed by atoms with Crippen molar-refractivity contribution < 1.29 is 9.53 Å². The van der Waals surface area contributed by atoms with E-state index in [0.29, 0.717) is 11.7 Å². The lowest BCUT2D eigenvalue weighted by atomic mass is 10.0. The molecular formula is C22H31N5O2.